The second-order valence-electron chi connectivity index (χ2n) is 6.33. The number of halogens is 3. The SMILES string of the molecule is CCC1(c2ccc(C(F)(F)F)cc2)C=C(C(=O)Oc2ccccc2[N+](=O)[O-])C=N1. The smallest absolute Gasteiger partial charge is 0.416 e. The third kappa shape index (κ3) is 4.03. The molecule has 1 heterocycles. The van der Waals surface area contributed by atoms with Crippen LogP contribution in [0.2, 0.25) is 0 Å². The summed E-state index contributed by atoms with van der Waals surface area (Å²) in [6.45, 7) is 1.78. The van der Waals surface area contributed by atoms with Crippen molar-refractivity contribution >= 4 is 17.9 Å². The van der Waals surface area contributed by atoms with Gasteiger partial charge in [-0.2, -0.15) is 13.2 Å². The van der Waals surface area contributed by atoms with Gasteiger partial charge in [0, 0.05) is 12.3 Å². The summed E-state index contributed by atoms with van der Waals surface area (Å²) in [6, 6.07) is 9.99. The van der Waals surface area contributed by atoms with Crippen LogP contribution in [0.15, 0.2) is 65.2 Å². The number of carbonyl (C=O) groups excluding carboxylic acids is 1. The molecule has 0 radical (unpaired) electrons. The van der Waals surface area contributed by atoms with E-state index in [1.165, 1.54) is 48.7 Å². The quantitative estimate of drug-likeness (QED) is 0.309. The van der Waals surface area contributed by atoms with Gasteiger partial charge in [-0.05, 0) is 36.3 Å². The van der Waals surface area contributed by atoms with Crippen molar-refractivity contribution in [1.82, 2.24) is 0 Å². The molecular formula is C20H15F3N2O4. The maximum Gasteiger partial charge on any atom is 0.416 e. The van der Waals surface area contributed by atoms with E-state index in [-0.39, 0.29) is 17.0 Å². The van der Waals surface area contributed by atoms with E-state index >= 15 is 0 Å². The standard InChI is InChI=1S/C20H15F3N2O4/c1-2-19(14-7-9-15(10-8-14)20(21,22)23)11-13(12-24-19)18(26)29-17-6-4-3-5-16(17)25(27)28/h3-12H,2H2,1H3. The number of ether oxygens (including phenoxy) is 1. The Morgan fingerprint density at radius 2 is 1.83 bits per heavy atom. The van der Waals surface area contributed by atoms with Gasteiger partial charge in [-0.3, -0.25) is 15.1 Å². The van der Waals surface area contributed by atoms with Crippen molar-refractivity contribution in [3.8, 4) is 5.75 Å². The molecule has 0 aromatic heterocycles. The lowest BCUT2D eigenvalue weighted by molar-refractivity contribution is -0.385. The highest BCUT2D eigenvalue weighted by atomic mass is 19.4. The van der Waals surface area contributed by atoms with Crippen LogP contribution in [0, 0.1) is 10.1 Å². The van der Waals surface area contributed by atoms with Crippen molar-refractivity contribution in [2.75, 3.05) is 0 Å². The highest BCUT2D eigenvalue weighted by Crippen LogP contribution is 2.38. The number of nitro groups is 1. The Bertz CT molecular complexity index is 1010. The van der Waals surface area contributed by atoms with Crippen molar-refractivity contribution in [2.45, 2.75) is 25.1 Å². The number of carbonyl (C=O) groups is 1. The average Bonchev–Trinajstić information content (AvgIpc) is 3.14. The van der Waals surface area contributed by atoms with Crippen LogP contribution >= 0.6 is 0 Å². The summed E-state index contributed by atoms with van der Waals surface area (Å²) >= 11 is 0. The minimum absolute atomic E-state index is 0.0601. The molecule has 2 aromatic rings. The molecule has 0 saturated carbocycles. The first-order valence-corrected chi connectivity index (χ1v) is 8.58. The van der Waals surface area contributed by atoms with Crippen LogP contribution in [-0.4, -0.2) is 17.1 Å². The Kier molecular flexibility index (Phi) is 5.23. The Morgan fingerprint density at radius 3 is 2.41 bits per heavy atom. The van der Waals surface area contributed by atoms with Gasteiger partial charge >= 0.3 is 17.8 Å². The molecular weight excluding hydrogens is 389 g/mol. The maximum atomic E-state index is 12.8. The fraction of sp³-hybridized carbons (Fsp3) is 0.200. The molecule has 0 saturated heterocycles. The van der Waals surface area contributed by atoms with Crippen LogP contribution in [0.25, 0.3) is 0 Å². The predicted octanol–water partition coefficient (Wildman–Crippen LogP) is 4.84. The van der Waals surface area contributed by atoms with Crippen LogP contribution in [0.4, 0.5) is 18.9 Å². The van der Waals surface area contributed by atoms with Gasteiger partial charge in [-0.15, -0.1) is 0 Å². The number of aliphatic imine (C=N–C) groups is 1. The van der Waals surface area contributed by atoms with Crippen LogP contribution in [0.1, 0.15) is 24.5 Å². The number of hydrogen-bond acceptors (Lipinski definition) is 5. The number of nitro benzene ring substituents is 1. The molecule has 1 unspecified atom stereocenters. The van der Waals surface area contributed by atoms with E-state index < -0.39 is 28.2 Å². The molecule has 150 valence electrons. The maximum absolute atomic E-state index is 12.8. The Hall–Kier alpha value is -3.49. The van der Waals surface area contributed by atoms with E-state index in [0.717, 1.165) is 12.1 Å². The summed E-state index contributed by atoms with van der Waals surface area (Å²) in [6.07, 6.45) is -1.31. The Morgan fingerprint density at radius 1 is 1.17 bits per heavy atom. The third-order valence-corrected chi connectivity index (χ3v) is 4.58. The van der Waals surface area contributed by atoms with Gasteiger partial charge in [-0.25, -0.2) is 4.79 Å². The van der Waals surface area contributed by atoms with Crippen molar-refractivity contribution in [3.05, 3.63) is 81.4 Å². The molecule has 0 N–H and O–H groups in total. The summed E-state index contributed by atoms with van der Waals surface area (Å²) in [7, 11) is 0. The molecule has 0 bridgehead atoms. The first-order valence-electron chi connectivity index (χ1n) is 8.58. The molecule has 1 atom stereocenters. The molecule has 6 nitrogen and oxygen atoms in total. The molecule has 0 fully saturated rings. The number of nitrogens with zero attached hydrogens (tertiary/aromatic N) is 2. The van der Waals surface area contributed by atoms with Crippen LogP contribution in [0.5, 0.6) is 5.75 Å². The van der Waals surface area contributed by atoms with E-state index in [1.54, 1.807) is 6.92 Å². The van der Waals surface area contributed by atoms with Crippen LogP contribution < -0.4 is 4.74 Å². The lowest BCUT2D eigenvalue weighted by Gasteiger charge is -2.23. The number of rotatable bonds is 5. The molecule has 1 aliphatic heterocycles. The topological polar surface area (TPSA) is 81.8 Å². The average molecular weight is 404 g/mol. The van der Waals surface area contributed by atoms with Gasteiger partial charge in [0.15, 0.2) is 0 Å². The van der Waals surface area contributed by atoms with Gasteiger partial charge < -0.3 is 4.74 Å². The first-order chi connectivity index (χ1) is 13.7. The first kappa shape index (κ1) is 20.2. The van der Waals surface area contributed by atoms with Crippen molar-refractivity contribution < 1.29 is 27.6 Å². The summed E-state index contributed by atoms with van der Waals surface area (Å²) in [4.78, 5) is 27.2. The fourth-order valence-electron chi connectivity index (χ4n) is 2.98. The van der Waals surface area contributed by atoms with E-state index in [0.29, 0.717) is 12.0 Å². The lowest BCUT2D eigenvalue weighted by atomic mass is 9.87. The molecule has 0 amide bonds. The molecule has 2 aromatic carbocycles. The third-order valence-electron chi connectivity index (χ3n) is 4.58. The van der Waals surface area contributed by atoms with Crippen molar-refractivity contribution in [3.63, 3.8) is 0 Å². The minimum atomic E-state index is -4.45. The molecule has 0 aliphatic carbocycles. The molecule has 29 heavy (non-hydrogen) atoms. The van der Waals surface area contributed by atoms with Crippen molar-refractivity contribution in [2.24, 2.45) is 4.99 Å². The number of hydrogen-bond donors (Lipinski definition) is 0. The normalized spacial score (nSPS) is 18.4. The molecule has 9 heteroatoms. The van der Waals surface area contributed by atoms with E-state index in [2.05, 4.69) is 4.99 Å². The number of para-hydroxylation sites is 2. The highest BCUT2D eigenvalue weighted by Gasteiger charge is 2.35. The zero-order valence-electron chi connectivity index (χ0n) is 15.1. The second-order valence-corrected chi connectivity index (χ2v) is 6.33. The highest BCUT2D eigenvalue weighted by molar-refractivity contribution is 6.12. The van der Waals surface area contributed by atoms with Crippen LogP contribution in [-0.2, 0) is 16.5 Å². The summed E-state index contributed by atoms with van der Waals surface area (Å²) in [5.74, 6) is -1.05. The predicted molar refractivity (Wildman–Crippen MR) is 98.7 cm³/mol. The second kappa shape index (κ2) is 7.50. The van der Waals surface area contributed by atoms with Crippen LogP contribution in [0.3, 0.4) is 0 Å². The largest absolute Gasteiger partial charge is 0.416 e. The summed E-state index contributed by atoms with van der Waals surface area (Å²) in [5.41, 5.74) is -1.61. The van der Waals surface area contributed by atoms with Crippen molar-refractivity contribution in [1.29, 1.82) is 0 Å². The molecule has 0 spiro atoms. The van der Waals surface area contributed by atoms with Gasteiger partial charge in [0.25, 0.3) is 0 Å². The lowest BCUT2D eigenvalue weighted by Crippen LogP contribution is -2.19. The monoisotopic (exact) mass is 404 g/mol. The van der Waals surface area contributed by atoms with Gasteiger partial charge in [0.1, 0.15) is 5.54 Å². The van der Waals surface area contributed by atoms with E-state index in [1.807, 2.05) is 0 Å². The summed E-state index contributed by atoms with van der Waals surface area (Å²) in [5, 5.41) is 11.1. The zero-order valence-corrected chi connectivity index (χ0v) is 15.1. The van der Waals surface area contributed by atoms with E-state index in [9.17, 15) is 28.1 Å². The molecule has 1 aliphatic rings. The zero-order chi connectivity index (χ0) is 21.2. The summed E-state index contributed by atoms with van der Waals surface area (Å²) < 4.78 is 43.5. The van der Waals surface area contributed by atoms with E-state index in [4.69, 9.17) is 4.74 Å². The molecule has 3 rings (SSSR count). The fourth-order valence-corrected chi connectivity index (χ4v) is 2.98. The number of esters is 1. The number of alkyl halides is 3. The minimum Gasteiger partial charge on any atom is -0.416 e. The van der Waals surface area contributed by atoms with Gasteiger partial charge in [0.2, 0.25) is 5.75 Å². The van der Waals surface area contributed by atoms with Gasteiger partial charge in [0.05, 0.1) is 16.1 Å². The Labute approximate surface area is 163 Å². The Balaban J connectivity index is 1.87. The number of benzene rings is 2. The van der Waals surface area contributed by atoms with Gasteiger partial charge in [-0.1, -0.05) is 31.2 Å².